The predicted molar refractivity (Wildman–Crippen MR) is 138 cm³/mol. The number of nitrogens with two attached hydrogens (primary N) is 2. The molecule has 4 unspecified atom stereocenters. The van der Waals surface area contributed by atoms with Crippen molar-refractivity contribution >= 4 is 29.7 Å². The number of amides is 3. The van der Waals surface area contributed by atoms with Gasteiger partial charge >= 0.3 is 11.9 Å². The van der Waals surface area contributed by atoms with Gasteiger partial charge in [-0.3, -0.25) is 19.2 Å². The van der Waals surface area contributed by atoms with Gasteiger partial charge in [-0.2, -0.15) is 0 Å². The highest BCUT2D eigenvalue weighted by Crippen LogP contribution is 2.13. The molecule has 0 saturated carbocycles. The van der Waals surface area contributed by atoms with Crippen molar-refractivity contribution in [1.29, 1.82) is 0 Å². The number of aliphatic carboxylic acids is 2. The van der Waals surface area contributed by atoms with E-state index >= 15 is 0 Å². The van der Waals surface area contributed by atoms with Crippen LogP contribution in [0.1, 0.15) is 51.5 Å². The van der Waals surface area contributed by atoms with E-state index in [1.54, 1.807) is 13.8 Å². The highest BCUT2D eigenvalue weighted by molar-refractivity contribution is 5.94. The Morgan fingerprint density at radius 3 is 1.95 bits per heavy atom. The second-order valence-corrected chi connectivity index (χ2v) is 9.38. The van der Waals surface area contributed by atoms with Gasteiger partial charge in [-0.05, 0) is 49.4 Å². The third-order valence-corrected chi connectivity index (χ3v) is 5.83. The molecule has 0 saturated heterocycles. The van der Waals surface area contributed by atoms with E-state index in [4.69, 9.17) is 16.6 Å². The number of unbranched alkanes of at least 4 members (excludes halogenated alkanes) is 1. The first-order chi connectivity index (χ1) is 17.8. The van der Waals surface area contributed by atoms with Crippen LogP contribution in [0, 0.1) is 5.92 Å². The van der Waals surface area contributed by atoms with Crippen molar-refractivity contribution in [2.24, 2.45) is 17.4 Å². The number of rotatable bonds is 17. The Kier molecular flexibility index (Phi) is 13.8. The van der Waals surface area contributed by atoms with Crippen LogP contribution >= 0.6 is 0 Å². The summed E-state index contributed by atoms with van der Waals surface area (Å²) in [5, 5.41) is 35.5. The number of carboxylic acids is 2. The lowest BCUT2D eigenvalue weighted by Gasteiger charge is -2.26. The van der Waals surface area contributed by atoms with Gasteiger partial charge in [0.1, 0.15) is 23.9 Å². The van der Waals surface area contributed by atoms with Crippen LogP contribution in [-0.2, 0) is 30.4 Å². The number of carboxylic acid groups (broad SMARTS) is 2. The zero-order chi connectivity index (χ0) is 28.8. The summed E-state index contributed by atoms with van der Waals surface area (Å²) in [6, 6.07) is 1.09. The van der Waals surface area contributed by atoms with E-state index in [0.29, 0.717) is 31.4 Å². The van der Waals surface area contributed by atoms with Gasteiger partial charge in [0.15, 0.2) is 0 Å². The SMILES string of the molecule is CC(C)C(NC(=O)C(Cc1ccc(O)cc1)NC(=O)C(CCC(=O)O)NC(=O)C(N)CCCCN)C(=O)O. The molecule has 0 radical (unpaired) electrons. The molecular formula is C25H39N5O8. The quantitative estimate of drug-likeness (QED) is 0.118. The maximum absolute atomic E-state index is 13.2. The molecule has 0 aliphatic heterocycles. The number of hydrogen-bond acceptors (Lipinski definition) is 8. The fraction of sp³-hybridized carbons (Fsp3) is 0.560. The van der Waals surface area contributed by atoms with Crippen LogP contribution < -0.4 is 27.4 Å². The molecule has 13 heteroatoms. The van der Waals surface area contributed by atoms with Crippen LogP contribution in [0.5, 0.6) is 5.75 Å². The summed E-state index contributed by atoms with van der Waals surface area (Å²) >= 11 is 0. The van der Waals surface area contributed by atoms with Crippen LogP contribution in [-0.4, -0.2) is 75.7 Å². The number of aromatic hydroxyl groups is 1. The average Bonchev–Trinajstić information content (AvgIpc) is 2.84. The Labute approximate surface area is 221 Å². The molecule has 13 nitrogen and oxygen atoms in total. The minimum atomic E-state index is -1.31. The summed E-state index contributed by atoms with van der Waals surface area (Å²) in [6.45, 7) is 3.66. The third kappa shape index (κ3) is 11.6. The maximum Gasteiger partial charge on any atom is 0.326 e. The lowest BCUT2D eigenvalue weighted by atomic mass is 10.0. The molecule has 10 N–H and O–H groups in total. The molecule has 212 valence electrons. The van der Waals surface area contributed by atoms with E-state index in [1.807, 2.05) is 0 Å². The summed E-state index contributed by atoms with van der Waals surface area (Å²) in [7, 11) is 0. The first-order valence-electron chi connectivity index (χ1n) is 12.4. The molecule has 0 aromatic heterocycles. The molecular weight excluding hydrogens is 498 g/mol. The second-order valence-electron chi connectivity index (χ2n) is 9.38. The summed E-state index contributed by atoms with van der Waals surface area (Å²) in [5.74, 6) is -5.17. The van der Waals surface area contributed by atoms with Gasteiger partial charge in [0, 0.05) is 12.8 Å². The van der Waals surface area contributed by atoms with Crippen molar-refractivity contribution in [2.45, 2.75) is 76.5 Å². The zero-order valence-electron chi connectivity index (χ0n) is 21.7. The summed E-state index contributed by atoms with van der Waals surface area (Å²) in [5.41, 5.74) is 11.9. The van der Waals surface area contributed by atoms with E-state index < -0.39 is 66.2 Å². The molecule has 0 bridgehead atoms. The Morgan fingerprint density at radius 2 is 1.42 bits per heavy atom. The summed E-state index contributed by atoms with van der Waals surface area (Å²) in [6.07, 6.45) is 0.788. The van der Waals surface area contributed by atoms with Gasteiger partial charge in [0.25, 0.3) is 0 Å². The normalized spacial score (nSPS) is 14.1. The van der Waals surface area contributed by atoms with Crippen molar-refractivity contribution in [3.8, 4) is 5.75 Å². The molecule has 0 aliphatic carbocycles. The number of phenolic OH excluding ortho intramolecular Hbond substituents is 1. The van der Waals surface area contributed by atoms with Crippen molar-refractivity contribution in [3.63, 3.8) is 0 Å². The minimum Gasteiger partial charge on any atom is -0.508 e. The van der Waals surface area contributed by atoms with E-state index in [-0.39, 0.29) is 18.6 Å². The molecule has 0 spiro atoms. The molecule has 0 aliphatic rings. The number of carbonyl (C=O) groups is 5. The van der Waals surface area contributed by atoms with Crippen molar-refractivity contribution < 1.29 is 39.3 Å². The zero-order valence-corrected chi connectivity index (χ0v) is 21.7. The average molecular weight is 538 g/mol. The van der Waals surface area contributed by atoms with Crippen LogP contribution in [0.4, 0.5) is 0 Å². The Balaban J connectivity index is 3.13. The highest BCUT2D eigenvalue weighted by atomic mass is 16.4. The van der Waals surface area contributed by atoms with Crippen LogP contribution in [0.15, 0.2) is 24.3 Å². The smallest absolute Gasteiger partial charge is 0.326 e. The largest absolute Gasteiger partial charge is 0.508 e. The van der Waals surface area contributed by atoms with Gasteiger partial charge in [-0.25, -0.2) is 4.79 Å². The van der Waals surface area contributed by atoms with Crippen LogP contribution in [0.3, 0.4) is 0 Å². The van der Waals surface area contributed by atoms with Crippen molar-refractivity contribution in [2.75, 3.05) is 6.54 Å². The van der Waals surface area contributed by atoms with Gasteiger partial charge in [-0.15, -0.1) is 0 Å². The molecule has 38 heavy (non-hydrogen) atoms. The molecule has 1 rings (SSSR count). The topological polar surface area (TPSA) is 234 Å². The standard InChI is InChI=1S/C25H39N5O8/c1-14(2)21(25(37)38)30-24(36)19(13-15-6-8-16(31)9-7-15)29-23(35)18(10-11-20(32)33)28-22(34)17(27)5-3-4-12-26/h6-9,14,17-19,21,31H,3-5,10-13,26-27H2,1-2H3,(H,28,34)(H,29,35)(H,30,36)(H,32,33)(H,37,38). The highest BCUT2D eigenvalue weighted by Gasteiger charge is 2.31. The summed E-state index contributed by atoms with van der Waals surface area (Å²) < 4.78 is 0. The molecule has 0 fully saturated rings. The van der Waals surface area contributed by atoms with Gasteiger partial charge in [0.2, 0.25) is 17.7 Å². The van der Waals surface area contributed by atoms with Gasteiger partial charge < -0.3 is 42.7 Å². The lowest BCUT2D eigenvalue weighted by molar-refractivity contribution is -0.143. The number of phenols is 1. The monoisotopic (exact) mass is 537 g/mol. The number of carbonyl (C=O) groups excluding carboxylic acids is 3. The fourth-order valence-corrected chi connectivity index (χ4v) is 3.57. The molecule has 4 atom stereocenters. The molecule has 1 aromatic rings. The van der Waals surface area contributed by atoms with Gasteiger partial charge in [0.05, 0.1) is 6.04 Å². The third-order valence-electron chi connectivity index (χ3n) is 5.83. The van der Waals surface area contributed by atoms with Crippen LogP contribution in [0.2, 0.25) is 0 Å². The number of hydrogen-bond donors (Lipinski definition) is 8. The molecule has 0 heterocycles. The Morgan fingerprint density at radius 1 is 0.842 bits per heavy atom. The Hall–Kier alpha value is -3.71. The number of benzene rings is 1. The molecule has 3 amide bonds. The number of nitrogens with one attached hydrogen (secondary N) is 3. The van der Waals surface area contributed by atoms with Crippen molar-refractivity contribution in [3.05, 3.63) is 29.8 Å². The van der Waals surface area contributed by atoms with Crippen molar-refractivity contribution in [1.82, 2.24) is 16.0 Å². The minimum absolute atomic E-state index is 0.0104. The van der Waals surface area contributed by atoms with E-state index in [0.717, 1.165) is 0 Å². The fourth-order valence-electron chi connectivity index (χ4n) is 3.57. The first kappa shape index (κ1) is 32.3. The lowest BCUT2D eigenvalue weighted by Crippen LogP contribution is -2.58. The Bertz CT molecular complexity index is 954. The maximum atomic E-state index is 13.2. The second kappa shape index (κ2) is 16.2. The van der Waals surface area contributed by atoms with E-state index in [9.17, 15) is 34.2 Å². The first-order valence-corrected chi connectivity index (χ1v) is 12.4. The van der Waals surface area contributed by atoms with Gasteiger partial charge in [-0.1, -0.05) is 32.4 Å². The van der Waals surface area contributed by atoms with E-state index in [1.165, 1.54) is 24.3 Å². The predicted octanol–water partition coefficient (Wildman–Crippen LogP) is -0.549. The summed E-state index contributed by atoms with van der Waals surface area (Å²) in [4.78, 5) is 61.6. The van der Waals surface area contributed by atoms with Crippen LogP contribution in [0.25, 0.3) is 0 Å². The van der Waals surface area contributed by atoms with E-state index in [2.05, 4.69) is 16.0 Å². The molecule has 1 aromatic carbocycles.